The average Bonchev–Trinajstić information content (AvgIpc) is 1.35. The fourth-order valence-corrected chi connectivity index (χ4v) is 0.775. The van der Waals surface area contributed by atoms with Crippen LogP contribution >= 0.6 is 9.24 Å². The number of hydrogen-bond donors (Lipinski definition) is 0. The molecule has 2 heteroatoms. The first-order chi connectivity index (χ1) is 2.77. The number of hydrogen-bond acceptors (Lipinski definition) is 1. The fourth-order valence-electron chi connectivity index (χ4n) is 0.258. The van der Waals surface area contributed by atoms with Gasteiger partial charge < -0.3 is 4.90 Å². The second-order valence-electron chi connectivity index (χ2n) is 1.59. The molecule has 0 saturated heterocycles. The number of rotatable bonds is 2. The molecular formula is C4H12NP. The lowest BCUT2D eigenvalue weighted by Crippen LogP contribution is -2.13. The van der Waals surface area contributed by atoms with E-state index in [4.69, 9.17) is 0 Å². The second kappa shape index (κ2) is 3.58. The van der Waals surface area contributed by atoms with Gasteiger partial charge in [-0.2, -0.15) is 0 Å². The van der Waals surface area contributed by atoms with Crippen LogP contribution in [0, 0.1) is 0 Å². The molecule has 1 atom stereocenters. The van der Waals surface area contributed by atoms with Gasteiger partial charge in [-0.25, -0.2) is 0 Å². The van der Waals surface area contributed by atoms with Crippen molar-refractivity contribution < 1.29 is 0 Å². The van der Waals surface area contributed by atoms with Crippen LogP contribution in [0.5, 0.6) is 0 Å². The van der Waals surface area contributed by atoms with Gasteiger partial charge in [-0.3, -0.25) is 0 Å². The van der Waals surface area contributed by atoms with Gasteiger partial charge in [0.25, 0.3) is 0 Å². The quantitative estimate of drug-likeness (QED) is 0.460. The van der Waals surface area contributed by atoms with E-state index in [1.54, 1.807) is 0 Å². The summed E-state index contributed by atoms with van der Waals surface area (Å²) in [4.78, 5) is 2.16. The summed E-state index contributed by atoms with van der Waals surface area (Å²) in [5.41, 5.74) is 0. The summed E-state index contributed by atoms with van der Waals surface area (Å²) in [7, 11) is 6.83. The van der Waals surface area contributed by atoms with E-state index in [0.29, 0.717) is 0 Å². The van der Waals surface area contributed by atoms with Gasteiger partial charge in [0.05, 0.1) is 0 Å². The van der Waals surface area contributed by atoms with Crippen LogP contribution in [0.1, 0.15) is 0 Å². The maximum atomic E-state index is 2.68. The van der Waals surface area contributed by atoms with Crippen LogP contribution in [0.4, 0.5) is 0 Å². The van der Waals surface area contributed by atoms with Crippen molar-refractivity contribution in [1.29, 1.82) is 0 Å². The molecule has 0 N–H and O–H groups in total. The lowest BCUT2D eigenvalue weighted by Gasteiger charge is -2.03. The summed E-state index contributed by atoms with van der Waals surface area (Å²) in [6.07, 6.45) is 1.17. The van der Waals surface area contributed by atoms with Gasteiger partial charge in [0.15, 0.2) is 0 Å². The van der Waals surface area contributed by atoms with Crippen LogP contribution < -0.4 is 0 Å². The predicted molar refractivity (Wildman–Crippen MR) is 33.1 cm³/mol. The molecule has 0 aromatic rings. The summed E-state index contributed by atoms with van der Waals surface area (Å²) < 4.78 is 0. The summed E-state index contributed by atoms with van der Waals surface area (Å²) in [6, 6.07) is 0. The van der Waals surface area contributed by atoms with E-state index in [0.717, 1.165) is 0 Å². The van der Waals surface area contributed by atoms with Gasteiger partial charge in [0, 0.05) is 6.54 Å². The molecule has 0 aromatic carbocycles. The minimum atomic E-state index is 1.17. The predicted octanol–water partition coefficient (Wildman–Crippen LogP) is 0.423. The van der Waals surface area contributed by atoms with Crippen LogP contribution in [0.15, 0.2) is 0 Å². The highest BCUT2D eigenvalue weighted by Crippen LogP contribution is 1.79. The first-order valence-electron chi connectivity index (χ1n) is 2.12. The second-order valence-corrected chi connectivity index (χ2v) is 2.17. The Morgan fingerprint density at radius 3 is 2.00 bits per heavy atom. The highest BCUT2D eigenvalue weighted by atomic mass is 31.0. The first kappa shape index (κ1) is 6.39. The fraction of sp³-hybridized carbons (Fsp3) is 1.00. The minimum Gasteiger partial charge on any atom is -0.309 e. The average molecular weight is 105 g/mol. The zero-order valence-electron chi connectivity index (χ0n) is 4.44. The Hall–Kier alpha value is 0.390. The molecule has 38 valence electrons. The van der Waals surface area contributed by atoms with Gasteiger partial charge in [0.1, 0.15) is 0 Å². The molecule has 0 spiro atoms. The molecule has 0 heterocycles. The Balaban J connectivity index is 2.63. The smallest absolute Gasteiger partial charge is 0.000983 e. The molecule has 1 nitrogen and oxygen atoms in total. The van der Waals surface area contributed by atoms with E-state index < -0.39 is 0 Å². The van der Waals surface area contributed by atoms with Crippen molar-refractivity contribution in [2.45, 2.75) is 0 Å². The van der Waals surface area contributed by atoms with Gasteiger partial charge in [-0.1, -0.05) is 0 Å². The van der Waals surface area contributed by atoms with Crippen molar-refractivity contribution in [1.82, 2.24) is 4.90 Å². The monoisotopic (exact) mass is 105 g/mol. The third-order valence-corrected chi connectivity index (χ3v) is 0.835. The molecule has 0 aliphatic carbocycles. The molecule has 0 saturated carbocycles. The Labute approximate surface area is 41.9 Å². The number of nitrogens with zero attached hydrogens (tertiary/aromatic N) is 1. The van der Waals surface area contributed by atoms with E-state index in [-0.39, 0.29) is 0 Å². The Morgan fingerprint density at radius 2 is 2.00 bits per heavy atom. The van der Waals surface area contributed by atoms with E-state index in [2.05, 4.69) is 28.2 Å². The van der Waals surface area contributed by atoms with Gasteiger partial charge in [-0.15, -0.1) is 9.24 Å². The van der Waals surface area contributed by atoms with Crippen LogP contribution in [-0.4, -0.2) is 31.7 Å². The van der Waals surface area contributed by atoms with Crippen LogP contribution in [0.2, 0.25) is 0 Å². The summed E-state index contributed by atoms with van der Waals surface area (Å²) in [5, 5.41) is 0. The van der Waals surface area contributed by atoms with E-state index in [1.807, 2.05) is 0 Å². The van der Waals surface area contributed by atoms with Crippen molar-refractivity contribution in [2.75, 3.05) is 26.8 Å². The lowest BCUT2D eigenvalue weighted by atomic mass is 10.7. The lowest BCUT2D eigenvalue weighted by molar-refractivity contribution is 0.437. The van der Waals surface area contributed by atoms with Crippen molar-refractivity contribution in [3.8, 4) is 0 Å². The van der Waals surface area contributed by atoms with Crippen LogP contribution in [0.3, 0.4) is 0 Å². The summed E-state index contributed by atoms with van der Waals surface area (Å²) >= 11 is 0. The van der Waals surface area contributed by atoms with Crippen LogP contribution in [0.25, 0.3) is 0 Å². The molecule has 0 rings (SSSR count). The van der Waals surface area contributed by atoms with E-state index in [1.165, 1.54) is 12.7 Å². The molecule has 0 aliphatic rings. The first-order valence-corrected chi connectivity index (χ1v) is 2.94. The van der Waals surface area contributed by atoms with Crippen molar-refractivity contribution in [3.63, 3.8) is 0 Å². The Kier molecular flexibility index (Phi) is 3.81. The van der Waals surface area contributed by atoms with Crippen molar-refractivity contribution in [3.05, 3.63) is 0 Å². The van der Waals surface area contributed by atoms with Crippen molar-refractivity contribution >= 4 is 9.24 Å². The molecule has 0 radical (unpaired) electrons. The molecule has 0 fully saturated rings. The molecule has 6 heavy (non-hydrogen) atoms. The third kappa shape index (κ3) is 4.39. The zero-order chi connectivity index (χ0) is 4.99. The molecule has 0 bridgehead atoms. The van der Waals surface area contributed by atoms with Gasteiger partial charge in [-0.05, 0) is 20.3 Å². The minimum absolute atomic E-state index is 1.17. The molecule has 1 unspecified atom stereocenters. The molecule has 0 amide bonds. The normalized spacial score (nSPS) is 10.0. The third-order valence-electron chi connectivity index (χ3n) is 0.576. The molecule has 0 aromatic heterocycles. The Morgan fingerprint density at radius 1 is 1.50 bits per heavy atom. The molecular weight excluding hydrogens is 93.0 g/mol. The SMILES string of the molecule is CN(C)CCP. The van der Waals surface area contributed by atoms with Gasteiger partial charge in [0.2, 0.25) is 0 Å². The highest BCUT2D eigenvalue weighted by molar-refractivity contribution is 7.16. The maximum Gasteiger partial charge on any atom is 0.000983 e. The van der Waals surface area contributed by atoms with Gasteiger partial charge >= 0.3 is 0 Å². The topological polar surface area (TPSA) is 3.24 Å². The Bertz CT molecular complexity index is 28.7. The van der Waals surface area contributed by atoms with Crippen molar-refractivity contribution in [2.24, 2.45) is 0 Å². The van der Waals surface area contributed by atoms with E-state index >= 15 is 0 Å². The standard InChI is InChI=1S/C4H12NP/c1-5(2)3-4-6/h3-4,6H2,1-2H3. The zero-order valence-corrected chi connectivity index (χ0v) is 5.59. The summed E-state index contributed by atoms with van der Waals surface area (Å²) in [5.74, 6) is 0. The summed E-state index contributed by atoms with van der Waals surface area (Å²) in [6.45, 7) is 1.17. The van der Waals surface area contributed by atoms with Crippen LogP contribution in [-0.2, 0) is 0 Å². The van der Waals surface area contributed by atoms with E-state index in [9.17, 15) is 0 Å². The molecule has 0 aliphatic heterocycles. The maximum absolute atomic E-state index is 2.68. The largest absolute Gasteiger partial charge is 0.309 e. The highest BCUT2D eigenvalue weighted by Gasteiger charge is 1.79.